The second-order valence-electron chi connectivity index (χ2n) is 6.21. The van der Waals surface area contributed by atoms with E-state index in [2.05, 4.69) is 11.4 Å². The quantitative estimate of drug-likeness (QED) is 0.623. The Hall–Kier alpha value is -2.17. The van der Waals surface area contributed by atoms with Crippen LogP contribution in [0.3, 0.4) is 0 Å². The van der Waals surface area contributed by atoms with E-state index in [1.54, 1.807) is 12.1 Å². The molecule has 5 heteroatoms. The Morgan fingerprint density at radius 3 is 2.19 bits per heavy atom. The number of hydrogen-bond donors (Lipinski definition) is 1. The van der Waals surface area contributed by atoms with Gasteiger partial charge < -0.3 is 19.5 Å². The third-order valence-corrected chi connectivity index (χ3v) is 4.29. The Morgan fingerprint density at radius 1 is 1.00 bits per heavy atom. The number of nitrogens with one attached hydrogen (secondary N) is 1. The molecular formula is C21H31NO4. The van der Waals surface area contributed by atoms with E-state index in [1.165, 1.54) is 18.4 Å². The minimum atomic E-state index is -0.119. The molecule has 2 rings (SSSR count). The van der Waals surface area contributed by atoms with Gasteiger partial charge in [-0.2, -0.15) is 0 Å². The van der Waals surface area contributed by atoms with Crippen LogP contribution < -0.4 is 19.5 Å². The number of benzene rings is 1. The Kier molecular flexibility index (Phi) is 8.32. The minimum Gasteiger partial charge on any atom is -0.490 e. The molecular weight excluding hydrogens is 330 g/mol. The van der Waals surface area contributed by atoms with Gasteiger partial charge in [-0.15, -0.1) is 0 Å². The summed E-state index contributed by atoms with van der Waals surface area (Å²) in [5.74, 6) is 1.52. The lowest BCUT2D eigenvalue weighted by molar-refractivity contribution is 0.0953. The van der Waals surface area contributed by atoms with Crippen LogP contribution in [0.2, 0.25) is 0 Å². The first-order chi connectivity index (χ1) is 12.7. The van der Waals surface area contributed by atoms with E-state index in [0.29, 0.717) is 49.2 Å². The lowest BCUT2D eigenvalue weighted by atomic mass is 9.97. The van der Waals surface area contributed by atoms with Crippen LogP contribution in [-0.4, -0.2) is 32.3 Å². The zero-order chi connectivity index (χ0) is 18.8. The number of ether oxygens (including phenoxy) is 3. The van der Waals surface area contributed by atoms with E-state index >= 15 is 0 Å². The van der Waals surface area contributed by atoms with Crippen molar-refractivity contribution < 1.29 is 19.0 Å². The van der Waals surface area contributed by atoms with Gasteiger partial charge >= 0.3 is 0 Å². The molecule has 1 aliphatic rings. The van der Waals surface area contributed by atoms with Crippen molar-refractivity contribution in [2.75, 3.05) is 26.4 Å². The van der Waals surface area contributed by atoms with Crippen LogP contribution in [-0.2, 0) is 0 Å². The monoisotopic (exact) mass is 361 g/mol. The predicted octanol–water partition coefficient (Wildman–Crippen LogP) is 4.50. The van der Waals surface area contributed by atoms with Crippen LogP contribution in [0.5, 0.6) is 17.2 Å². The molecule has 1 N–H and O–H groups in total. The number of carbonyl (C=O) groups excluding carboxylic acids is 1. The van der Waals surface area contributed by atoms with Crippen molar-refractivity contribution in [1.82, 2.24) is 5.32 Å². The molecule has 26 heavy (non-hydrogen) atoms. The van der Waals surface area contributed by atoms with Crippen molar-refractivity contribution in [2.24, 2.45) is 0 Å². The number of hydrogen-bond acceptors (Lipinski definition) is 4. The Labute approximate surface area is 156 Å². The van der Waals surface area contributed by atoms with Gasteiger partial charge in [0.2, 0.25) is 5.75 Å². The Bertz CT molecular complexity index is 597. The average Bonchev–Trinajstić information content (AvgIpc) is 2.65. The third kappa shape index (κ3) is 5.68. The summed E-state index contributed by atoms with van der Waals surface area (Å²) in [5, 5.41) is 3.00. The number of amides is 1. The summed E-state index contributed by atoms with van der Waals surface area (Å²) in [6.45, 7) is 7.84. The first kappa shape index (κ1) is 20.1. The van der Waals surface area contributed by atoms with E-state index < -0.39 is 0 Å². The first-order valence-electron chi connectivity index (χ1n) is 9.72. The molecule has 0 aliphatic heterocycles. The maximum Gasteiger partial charge on any atom is 0.251 e. The van der Waals surface area contributed by atoms with Gasteiger partial charge in [-0.05, 0) is 65.0 Å². The zero-order valence-corrected chi connectivity index (χ0v) is 16.2. The highest BCUT2D eigenvalue weighted by Crippen LogP contribution is 2.39. The van der Waals surface area contributed by atoms with Crippen molar-refractivity contribution in [3.63, 3.8) is 0 Å². The molecule has 0 atom stereocenters. The number of rotatable bonds is 10. The van der Waals surface area contributed by atoms with Gasteiger partial charge in [0.15, 0.2) is 11.5 Å². The molecule has 1 aromatic rings. The molecule has 0 unspecified atom stereocenters. The standard InChI is InChI=1S/C21H31NO4/c1-4-24-18-14-17(15-19(25-5-2)20(18)26-6-3)21(23)22-13-12-16-10-8-7-9-11-16/h10,14-15H,4-9,11-13H2,1-3H3,(H,22,23). The predicted molar refractivity (Wildman–Crippen MR) is 103 cm³/mol. The van der Waals surface area contributed by atoms with Crippen molar-refractivity contribution in [3.05, 3.63) is 29.3 Å². The highest BCUT2D eigenvalue weighted by Gasteiger charge is 2.18. The first-order valence-corrected chi connectivity index (χ1v) is 9.72. The molecule has 0 bridgehead atoms. The Balaban J connectivity index is 2.10. The van der Waals surface area contributed by atoms with Crippen LogP contribution in [0, 0.1) is 0 Å². The lowest BCUT2D eigenvalue weighted by Crippen LogP contribution is -2.25. The normalized spacial score (nSPS) is 13.7. The van der Waals surface area contributed by atoms with Gasteiger partial charge in [-0.1, -0.05) is 11.6 Å². The largest absolute Gasteiger partial charge is 0.490 e. The number of allylic oxidation sites excluding steroid dienone is 1. The van der Waals surface area contributed by atoms with E-state index in [0.717, 1.165) is 19.3 Å². The van der Waals surface area contributed by atoms with Gasteiger partial charge in [-0.25, -0.2) is 0 Å². The van der Waals surface area contributed by atoms with Crippen LogP contribution in [0.15, 0.2) is 23.8 Å². The molecule has 0 heterocycles. The summed E-state index contributed by atoms with van der Waals surface area (Å²) in [6.07, 6.45) is 8.09. The maximum atomic E-state index is 12.6. The number of carbonyl (C=O) groups is 1. The van der Waals surface area contributed by atoms with Crippen molar-refractivity contribution in [2.45, 2.75) is 52.9 Å². The average molecular weight is 361 g/mol. The van der Waals surface area contributed by atoms with Crippen LogP contribution in [0.1, 0.15) is 63.2 Å². The fourth-order valence-corrected chi connectivity index (χ4v) is 3.09. The summed E-state index contributed by atoms with van der Waals surface area (Å²) < 4.78 is 17.0. The van der Waals surface area contributed by atoms with Gasteiger partial charge in [0.1, 0.15) is 0 Å². The van der Waals surface area contributed by atoms with Crippen molar-refractivity contribution >= 4 is 5.91 Å². The molecule has 0 spiro atoms. The fraction of sp³-hybridized carbons (Fsp3) is 0.571. The summed E-state index contributed by atoms with van der Waals surface area (Å²) >= 11 is 0. The van der Waals surface area contributed by atoms with Crippen LogP contribution >= 0.6 is 0 Å². The topological polar surface area (TPSA) is 56.8 Å². The summed E-state index contributed by atoms with van der Waals surface area (Å²) in [4.78, 5) is 12.6. The summed E-state index contributed by atoms with van der Waals surface area (Å²) in [5.41, 5.74) is 1.98. The fourth-order valence-electron chi connectivity index (χ4n) is 3.09. The summed E-state index contributed by atoms with van der Waals surface area (Å²) in [7, 11) is 0. The highest BCUT2D eigenvalue weighted by molar-refractivity contribution is 5.95. The molecule has 0 fully saturated rings. The van der Waals surface area contributed by atoms with Gasteiger partial charge in [0.05, 0.1) is 19.8 Å². The molecule has 0 radical (unpaired) electrons. The maximum absolute atomic E-state index is 12.6. The van der Waals surface area contributed by atoms with E-state index in [4.69, 9.17) is 14.2 Å². The molecule has 1 aromatic carbocycles. The summed E-state index contributed by atoms with van der Waals surface area (Å²) in [6, 6.07) is 3.46. The second kappa shape index (κ2) is 10.7. The SMILES string of the molecule is CCOc1cc(C(=O)NCCC2=CCCCC2)cc(OCC)c1OCC. The van der Waals surface area contributed by atoms with E-state index in [9.17, 15) is 4.79 Å². The van der Waals surface area contributed by atoms with Crippen LogP contribution in [0.4, 0.5) is 0 Å². The van der Waals surface area contributed by atoms with Crippen LogP contribution in [0.25, 0.3) is 0 Å². The van der Waals surface area contributed by atoms with Gasteiger partial charge in [0, 0.05) is 12.1 Å². The smallest absolute Gasteiger partial charge is 0.251 e. The van der Waals surface area contributed by atoms with Gasteiger partial charge in [0.25, 0.3) is 5.91 Å². The minimum absolute atomic E-state index is 0.119. The van der Waals surface area contributed by atoms with Crippen molar-refractivity contribution in [1.29, 1.82) is 0 Å². The van der Waals surface area contributed by atoms with Gasteiger partial charge in [-0.3, -0.25) is 4.79 Å². The molecule has 144 valence electrons. The highest BCUT2D eigenvalue weighted by atomic mass is 16.5. The second-order valence-corrected chi connectivity index (χ2v) is 6.21. The zero-order valence-electron chi connectivity index (χ0n) is 16.2. The molecule has 1 amide bonds. The molecule has 1 aliphatic carbocycles. The van der Waals surface area contributed by atoms with E-state index in [-0.39, 0.29) is 5.91 Å². The molecule has 0 aromatic heterocycles. The Morgan fingerprint density at radius 2 is 1.65 bits per heavy atom. The van der Waals surface area contributed by atoms with Crippen molar-refractivity contribution in [3.8, 4) is 17.2 Å². The molecule has 0 saturated carbocycles. The lowest BCUT2D eigenvalue weighted by Gasteiger charge is -2.17. The molecule has 5 nitrogen and oxygen atoms in total. The molecule has 0 saturated heterocycles. The third-order valence-electron chi connectivity index (χ3n) is 4.29. The van der Waals surface area contributed by atoms with E-state index in [1.807, 2.05) is 20.8 Å².